The van der Waals surface area contributed by atoms with E-state index in [2.05, 4.69) is 11.4 Å². The molecule has 1 amide bonds. The van der Waals surface area contributed by atoms with E-state index in [1.54, 1.807) is 24.3 Å². The molecule has 0 aliphatic rings. The highest BCUT2D eigenvalue weighted by molar-refractivity contribution is 7.92. The molecule has 0 fully saturated rings. The van der Waals surface area contributed by atoms with Gasteiger partial charge in [0.05, 0.1) is 24.6 Å². The number of benzene rings is 2. The van der Waals surface area contributed by atoms with Crippen LogP contribution in [0.5, 0.6) is 5.75 Å². The minimum Gasteiger partial charge on any atom is -0.492 e. The third-order valence-corrected chi connectivity index (χ3v) is 5.92. The van der Waals surface area contributed by atoms with Crippen LogP contribution in [0.2, 0.25) is 0 Å². The Morgan fingerprint density at radius 1 is 1.10 bits per heavy atom. The Bertz CT molecular complexity index is 957. The van der Waals surface area contributed by atoms with Crippen LogP contribution in [0.15, 0.2) is 42.5 Å². The number of para-hydroxylation sites is 2. The summed E-state index contributed by atoms with van der Waals surface area (Å²) < 4.78 is 31.5. The van der Waals surface area contributed by atoms with Gasteiger partial charge in [0.1, 0.15) is 12.3 Å². The molecule has 158 valence electrons. The van der Waals surface area contributed by atoms with Crippen molar-refractivity contribution in [3.8, 4) is 5.75 Å². The van der Waals surface area contributed by atoms with Gasteiger partial charge in [0.25, 0.3) is 0 Å². The second-order valence-electron chi connectivity index (χ2n) is 7.04. The molecular formula is C22H30N2O4S. The summed E-state index contributed by atoms with van der Waals surface area (Å²) in [5.41, 5.74) is 3.69. The fourth-order valence-electron chi connectivity index (χ4n) is 3.09. The smallest absolute Gasteiger partial charge is 0.241 e. The van der Waals surface area contributed by atoms with Crippen molar-refractivity contribution in [1.29, 1.82) is 0 Å². The number of sulfonamides is 1. The van der Waals surface area contributed by atoms with Crippen molar-refractivity contribution >= 4 is 21.6 Å². The summed E-state index contributed by atoms with van der Waals surface area (Å²) in [6.45, 7) is 7.96. The van der Waals surface area contributed by atoms with Gasteiger partial charge in [0.2, 0.25) is 15.9 Å². The van der Waals surface area contributed by atoms with Crippen LogP contribution in [-0.2, 0) is 14.8 Å². The number of hydrogen-bond donors (Lipinski definition) is 1. The Hall–Kier alpha value is -2.54. The minimum absolute atomic E-state index is 0.189. The highest BCUT2D eigenvalue weighted by Crippen LogP contribution is 2.30. The molecule has 6 nitrogen and oxygen atoms in total. The number of anilines is 1. The lowest BCUT2D eigenvalue weighted by Gasteiger charge is -2.25. The molecule has 0 heterocycles. The number of nitrogens with one attached hydrogen (secondary N) is 1. The number of hydrogen-bond acceptors (Lipinski definition) is 4. The van der Waals surface area contributed by atoms with Gasteiger partial charge in [0.15, 0.2) is 0 Å². The fraction of sp³-hybridized carbons (Fsp3) is 0.409. The molecule has 0 spiro atoms. The van der Waals surface area contributed by atoms with Crippen molar-refractivity contribution in [3.05, 3.63) is 59.2 Å². The molecule has 0 radical (unpaired) electrons. The zero-order valence-corrected chi connectivity index (χ0v) is 18.5. The van der Waals surface area contributed by atoms with Gasteiger partial charge < -0.3 is 10.1 Å². The molecule has 0 unspecified atom stereocenters. The van der Waals surface area contributed by atoms with Gasteiger partial charge in [-0.1, -0.05) is 37.3 Å². The Morgan fingerprint density at radius 2 is 1.79 bits per heavy atom. The zero-order valence-electron chi connectivity index (χ0n) is 17.7. The van der Waals surface area contributed by atoms with E-state index < -0.39 is 10.0 Å². The Kier molecular flexibility index (Phi) is 7.67. The van der Waals surface area contributed by atoms with Crippen LogP contribution in [0.25, 0.3) is 0 Å². The third-order valence-electron chi connectivity index (χ3n) is 4.80. The maximum Gasteiger partial charge on any atom is 0.241 e. The fourth-order valence-corrected chi connectivity index (χ4v) is 3.95. The lowest BCUT2D eigenvalue weighted by molar-refractivity contribution is -0.120. The van der Waals surface area contributed by atoms with Crippen molar-refractivity contribution in [2.24, 2.45) is 0 Å². The molecule has 1 N–H and O–H groups in total. The molecule has 2 aromatic carbocycles. The van der Waals surface area contributed by atoms with E-state index in [4.69, 9.17) is 4.74 Å². The number of aryl methyl sites for hydroxylation is 2. The van der Waals surface area contributed by atoms with Gasteiger partial charge in [0, 0.05) is 0 Å². The van der Waals surface area contributed by atoms with Gasteiger partial charge >= 0.3 is 0 Å². The number of nitrogens with zero attached hydrogens (tertiary/aromatic N) is 1. The summed E-state index contributed by atoms with van der Waals surface area (Å²) in [6.07, 6.45) is 1.78. The average Bonchev–Trinajstić information content (AvgIpc) is 2.66. The second kappa shape index (κ2) is 9.78. The quantitative estimate of drug-likeness (QED) is 0.673. The van der Waals surface area contributed by atoms with E-state index in [-0.39, 0.29) is 18.5 Å². The summed E-state index contributed by atoms with van der Waals surface area (Å²) in [5, 5.41) is 2.97. The van der Waals surface area contributed by atoms with Crippen molar-refractivity contribution in [1.82, 2.24) is 5.32 Å². The van der Waals surface area contributed by atoms with Crippen LogP contribution in [0.4, 0.5) is 5.69 Å². The molecule has 2 aromatic rings. The summed E-state index contributed by atoms with van der Waals surface area (Å²) in [4.78, 5) is 12.8. The molecule has 0 aliphatic heterocycles. The Morgan fingerprint density at radius 3 is 2.38 bits per heavy atom. The van der Waals surface area contributed by atoms with Crippen LogP contribution >= 0.6 is 0 Å². The molecule has 0 saturated carbocycles. The van der Waals surface area contributed by atoms with E-state index in [0.717, 1.165) is 21.7 Å². The van der Waals surface area contributed by atoms with Gasteiger partial charge in [-0.05, 0) is 56.0 Å². The van der Waals surface area contributed by atoms with E-state index in [1.807, 2.05) is 39.8 Å². The van der Waals surface area contributed by atoms with Crippen LogP contribution in [0.1, 0.15) is 43.0 Å². The van der Waals surface area contributed by atoms with Crippen LogP contribution < -0.4 is 14.4 Å². The summed E-state index contributed by atoms with van der Waals surface area (Å²) in [7, 11) is -3.68. The zero-order chi connectivity index (χ0) is 21.6. The highest BCUT2D eigenvalue weighted by Gasteiger charge is 2.25. The Labute approximate surface area is 173 Å². The first-order valence-corrected chi connectivity index (χ1v) is 11.6. The second-order valence-corrected chi connectivity index (χ2v) is 8.95. The van der Waals surface area contributed by atoms with Crippen LogP contribution in [0.3, 0.4) is 0 Å². The largest absolute Gasteiger partial charge is 0.492 e. The number of carbonyl (C=O) groups is 1. The van der Waals surface area contributed by atoms with Crippen molar-refractivity contribution in [3.63, 3.8) is 0 Å². The molecule has 1 atom stereocenters. The van der Waals surface area contributed by atoms with Crippen LogP contribution in [-0.4, -0.2) is 33.7 Å². The molecule has 7 heteroatoms. The monoisotopic (exact) mass is 418 g/mol. The minimum atomic E-state index is -3.68. The van der Waals surface area contributed by atoms with E-state index in [9.17, 15) is 13.2 Å². The van der Waals surface area contributed by atoms with E-state index in [0.29, 0.717) is 24.5 Å². The maximum atomic E-state index is 12.8. The molecule has 0 aromatic heterocycles. The standard InChI is InChI=1S/C22H30N2O4S/c1-6-19(18-13-12-16(3)17(4)14-18)23-22(25)15-24(29(5,26)27)20-10-8-9-11-21(20)28-7-2/h8-14,19H,6-7,15H2,1-5H3,(H,23,25)/t19-/m1/s1. The predicted molar refractivity (Wildman–Crippen MR) is 117 cm³/mol. The molecular weight excluding hydrogens is 388 g/mol. The third kappa shape index (κ3) is 5.97. The lowest BCUT2D eigenvalue weighted by atomic mass is 9.99. The summed E-state index contributed by atoms with van der Waals surface area (Å²) in [5.74, 6) is 0.0567. The first kappa shape index (κ1) is 22.7. The van der Waals surface area contributed by atoms with Gasteiger partial charge in [-0.2, -0.15) is 0 Å². The topological polar surface area (TPSA) is 75.7 Å². The molecule has 29 heavy (non-hydrogen) atoms. The predicted octanol–water partition coefficient (Wildman–Crippen LogP) is 3.74. The molecule has 0 aliphatic carbocycles. The Balaban J connectivity index is 2.25. The first-order chi connectivity index (χ1) is 13.7. The van der Waals surface area contributed by atoms with Crippen molar-refractivity contribution in [2.75, 3.05) is 23.7 Å². The number of amides is 1. The van der Waals surface area contributed by atoms with E-state index in [1.165, 1.54) is 5.56 Å². The van der Waals surface area contributed by atoms with Crippen LogP contribution in [0, 0.1) is 13.8 Å². The molecule has 2 rings (SSSR count). The average molecular weight is 419 g/mol. The van der Waals surface area contributed by atoms with E-state index >= 15 is 0 Å². The molecule has 0 saturated heterocycles. The van der Waals surface area contributed by atoms with Crippen molar-refractivity contribution in [2.45, 2.75) is 40.2 Å². The number of carbonyl (C=O) groups excluding carboxylic acids is 1. The summed E-state index contributed by atoms with van der Waals surface area (Å²) >= 11 is 0. The van der Waals surface area contributed by atoms with Gasteiger partial charge in [-0.3, -0.25) is 9.10 Å². The normalized spacial score (nSPS) is 12.3. The highest BCUT2D eigenvalue weighted by atomic mass is 32.2. The number of rotatable bonds is 9. The SMILES string of the molecule is CCOc1ccccc1N(CC(=O)N[C@H](CC)c1ccc(C)c(C)c1)S(C)(=O)=O. The molecule has 0 bridgehead atoms. The maximum absolute atomic E-state index is 12.8. The van der Waals surface area contributed by atoms with Crippen molar-refractivity contribution < 1.29 is 17.9 Å². The lowest BCUT2D eigenvalue weighted by Crippen LogP contribution is -2.41. The summed E-state index contributed by atoms with van der Waals surface area (Å²) in [6, 6.07) is 12.7. The van der Waals surface area contributed by atoms with Gasteiger partial charge in [-0.15, -0.1) is 0 Å². The first-order valence-electron chi connectivity index (χ1n) is 9.73. The van der Waals surface area contributed by atoms with Gasteiger partial charge in [-0.25, -0.2) is 8.42 Å². The number of ether oxygens (including phenoxy) is 1.